The van der Waals surface area contributed by atoms with Crippen molar-refractivity contribution < 1.29 is 9.47 Å². The summed E-state index contributed by atoms with van der Waals surface area (Å²) in [6.45, 7) is 1.84. The molecule has 0 atom stereocenters. The number of rotatable bonds is 2. The first kappa shape index (κ1) is 11.0. The molecule has 84 valence electrons. The first-order valence-electron chi connectivity index (χ1n) is 5.02. The molecule has 0 aromatic heterocycles. The van der Waals surface area contributed by atoms with Crippen LogP contribution >= 0.6 is 0 Å². The molecule has 0 unspecified atom stereocenters. The molecule has 0 saturated carbocycles. The van der Waals surface area contributed by atoms with Crippen LogP contribution in [0.2, 0.25) is 0 Å². The highest BCUT2D eigenvalue weighted by Crippen LogP contribution is 2.31. The number of hydrogen-bond acceptors (Lipinski definition) is 4. The Morgan fingerprint density at radius 1 is 1.12 bits per heavy atom. The van der Waals surface area contributed by atoms with Crippen LogP contribution in [-0.4, -0.2) is 26.1 Å². The number of ether oxygens (including phenoxy) is 2. The van der Waals surface area contributed by atoms with Gasteiger partial charge in [0.2, 0.25) is 5.79 Å². The van der Waals surface area contributed by atoms with Crippen LogP contribution in [-0.2, 0) is 15.3 Å². The summed E-state index contributed by atoms with van der Waals surface area (Å²) in [4.78, 5) is 0. The Hall–Kier alpha value is -1.52. The molecular weight excluding hydrogens is 204 g/mol. The molecule has 1 aliphatic heterocycles. The maximum atomic E-state index is 5.51. The third kappa shape index (κ3) is 1.47. The molecule has 0 spiro atoms. The van der Waals surface area contributed by atoms with Crippen LogP contribution < -0.4 is 0 Å². The Labute approximate surface area is 94.6 Å². The van der Waals surface area contributed by atoms with E-state index < -0.39 is 5.79 Å². The first-order valence-corrected chi connectivity index (χ1v) is 5.02. The molecule has 0 saturated heterocycles. The highest BCUT2D eigenvalue weighted by atomic mass is 16.7. The Balaban J connectivity index is 2.68. The van der Waals surface area contributed by atoms with Gasteiger partial charge in [0.25, 0.3) is 0 Å². The topological polar surface area (TPSA) is 43.2 Å². The minimum atomic E-state index is -0.937. The van der Waals surface area contributed by atoms with Crippen LogP contribution in [0, 0.1) is 0 Å². The van der Waals surface area contributed by atoms with Gasteiger partial charge in [0.1, 0.15) is 5.71 Å². The molecule has 4 heteroatoms. The van der Waals surface area contributed by atoms with Gasteiger partial charge in [0, 0.05) is 25.3 Å². The van der Waals surface area contributed by atoms with E-state index in [2.05, 4.69) is 10.2 Å². The minimum absolute atomic E-state index is 0.679. The Morgan fingerprint density at radius 2 is 1.81 bits per heavy atom. The predicted octanol–water partition coefficient (Wildman–Crippen LogP) is 1.94. The van der Waals surface area contributed by atoms with Crippen LogP contribution in [0.1, 0.15) is 18.1 Å². The SMILES string of the molecule is COC1(OC)C(C)=NN=Cc2ccccc21. The van der Waals surface area contributed by atoms with Crippen LogP contribution in [0.4, 0.5) is 0 Å². The van der Waals surface area contributed by atoms with Crippen molar-refractivity contribution in [3.05, 3.63) is 35.4 Å². The monoisotopic (exact) mass is 218 g/mol. The normalized spacial score (nSPS) is 17.6. The molecule has 0 N–H and O–H groups in total. The van der Waals surface area contributed by atoms with Gasteiger partial charge in [0.15, 0.2) is 0 Å². The van der Waals surface area contributed by atoms with E-state index in [4.69, 9.17) is 9.47 Å². The largest absolute Gasteiger partial charge is 0.345 e. The van der Waals surface area contributed by atoms with E-state index in [1.54, 1.807) is 20.4 Å². The quantitative estimate of drug-likeness (QED) is 0.712. The van der Waals surface area contributed by atoms with Gasteiger partial charge in [-0.2, -0.15) is 10.2 Å². The summed E-state index contributed by atoms with van der Waals surface area (Å²) >= 11 is 0. The highest BCUT2D eigenvalue weighted by Gasteiger charge is 2.38. The average Bonchev–Trinajstić information content (AvgIpc) is 2.46. The molecule has 0 amide bonds. The lowest BCUT2D eigenvalue weighted by Gasteiger charge is -2.30. The molecule has 0 fully saturated rings. The van der Waals surface area contributed by atoms with E-state index in [9.17, 15) is 0 Å². The fourth-order valence-corrected chi connectivity index (χ4v) is 1.95. The maximum Gasteiger partial charge on any atom is 0.237 e. The lowest BCUT2D eigenvalue weighted by Crippen LogP contribution is -2.38. The number of benzene rings is 1. The van der Waals surface area contributed by atoms with Crippen molar-refractivity contribution in [1.29, 1.82) is 0 Å². The molecule has 1 aliphatic rings. The molecule has 16 heavy (non-hydrogen) atoms. The second-order valence-electron chi connectivity index (χ2n) is 3.54. The third-order valence-corrected chi connectivity index (χ3v) is 2.77. The second kappa shape index (κ2) is 4.15. The second-order valence-corrected chi connectivity index (χ2v) is 3.54. The lowest BCUT2D eigenvalue weighted by atomic mass is 9.96. The van der Waals surface area contributed by atoms with Gasteiger partial charge in [-0.1, -0.05) is 24.3 Å². The number of methoxy groups -OCH3 is 2. The van der Waals surface area contributed by atoms with E-state index in [1.807, 2.05) is 31.2 Å². The molecular formula is C12H14N2O2. The van der Waals surface area contributed by atoms with Crippen LogP contribution in [0.25, 0.3) is 0 Å². The summed E-state index contributed by atoms with van der Waals surface area (Å²) in [5.74, 6) is -0.937. The standard InChI is InChI=1S/C12H14N2O2/c1-9-12(15-2,16-3)11-7-5-4-6-10(11)8-13-14-9/h4-8H,1-3H3. The number of fused-ring (bicyclic) bond motifs is 1. The predicted molar refractivity (Wildman–Crippen MR) is 62.8 cm³/mol. The molecule has 2 rings (SSSR count). The van der Waals surface area contributed by atoms with Crippen molar-refractivity contribution in [2.24, 2.45) is 10.2 Å². The van der Waals surface area contributed by atoms with Crippen LogP contribution in [0.3, 0.4) is 0 Å². The van der Waals surface area contributed by atoms with Gasteiger partial charge in [-0.15, -0.1) is 0 Å². The fraction of sp³-hybridized carbons (Fsp3) is 0.333. The van der Waals surface area contributed by atoms with Gasteiger partial charge < -0.3 is 9.47 Å². The summed E-state index contributed by atoms with van der Waals surface area (Å²) in [6.07, 6.45) is 1.71. The maximum absolute atomic E-state index is 5.51. The van der Waals surface area contributed by atoms with Crippen molar-refractivity contribution in [2.75, 3.05) is 14.2 Å². The fourth-order valence-electron chi connectivity index (χ4n) is 1.95. The van der Waals surface area contributed by atoms with Gasteiger partial charge >= 0.3 is 0 Å². The van der Waals surface area contributed by atoms with Crippen molar-refractivity contribution in [3.63, 3.8) is 0 Å². The molecule has 0 radical (unpaired) electrons. The first-order chi connectivity index (χ1) is 7.74. The molecule has 1 aromatic carbocycles. The Bertz CT molecular complexity index is 448. The zero-order chi connectivity index (χ0) is 11.6. The zero-order valence-corrected chi connectivity index (χ0v) is 9.60. The summed E-state index contributed by atoms with van der Waals surface area (Å²) in [7, 11) is 3.20. The van der Waals surface area contributed by atoms with E-state index >= 15 is 0 Å². The summed E-state index contributed by atoms with van der Waals surface area (Å²) in [6, 6.07) is 7.80. The smallest absolute Gasteiger partial charge is 0.237 e. The third-order valence-electron chi connectivity index (χ3n) is 2.77. The van der Waals surface area contributed by atoms with Gasteiger partial charge in [0.05, 0.1) is 6.21 Å². The molecule has 0 aliphatic carbocycles. The molecule has 1 heterocycles. The Kier molecular flexibility index (Phi) is 2.85. The van der Waals surface area contributed by atoms with Crippen LogP contribution in [0.5, 0.6) is 0 Å². The van der Waals surface area contributed by atoms with E-state index in [-0.39, 0.29) is 0 Å². The van der Waals surface area contributed by atoms with E-state index in [0.29, 0.717) is 5.71 Å². The Morgan fingerprint density at radius 3 is 2.50 bits per heavy atom. The van der Waals surface area contributed by atoms with E-state index in [0.717, 1.165) is 11.1 Å². The van der Waals surface area contributed by atoms with Crippen molar-refractivity contribution in [2.45, 2.75) is 12.7 Å². The molecule has 1 aromatic rings. The van der Waals surface area contributed by atoms with Gasteiger partial charge in [-0.25, -0.2) is 0 Å². The molecule has 4 nitrogen and oxygen atoms in total. The van der Waals surface area contributed by atoms with Crippen LogP contribution in [0.15, 0.2) is 34.5 Å². The van der Waals surface area contributed by atoms with Gasteiger partial charge in [-0.05, 0) is 6.92 Å². The molecule has 0 bridgehead atoms. The summed E-state index contributed by atoms with van der Waals surface area (Å²) < 4.78 is 11.0. The van der Waals surface area contributed by atoms with Crippen molar-refractivity contribution in [1.82, 2.24) is 0 Å². The number of hydrogen-bond donors (Lipinski definition) is 0. The highest BCUT2D eigenvalue weighted by molar-refractivity contribution is 5.95. The summed E-state index contributed by atoms with van der Waals surface area (Å²) in [5, 5.41) is 8.06. The van der Waals surface area contributed by atoms with E-state index in [1.165, 1.54) is 0 Å². The van der Waals surface area contributed by atoms with Crippen molar-refractivity contribution >= 4 is 11.9 Å². The average molecular weight is 218 g/mol. The minimum Gasteiger partial charge on any atom is -0.345 e. The zero-order valence-electron chi connectivity index (χ0n) is 9.60. The van der Waals surface area contributed by atoms with Crippen molar-refractivity contribution in [3.8, 4) is 0 Å². The number of nitrogens with zero attached hydrogens (tertiary/aromatic N) is 2. The lowest BCUT2D eigenvalue weighted by molar-refractivity contribution is -0.161. The summed E-state index contributed by atoms with van der Waals surface area (Å²) in [5.41, 5.74) is 2.55. The van der Waals surface area contributed by atoms with Gasteiger partial charge in [-0.3, -0.25) is 0 Å².